The van der Waals surface area contributed by atoms with Crippen LogP contribution in [0.3, 0.4) is 0 Å². The van der Waals surface area contributed by atoms with Crippen LogP contribution in [0.2, 0.25) is 0 Å². The second-order valence-corrected chi connectivity index (χ2v) is 1.50. The number of hydrogen-bond donors (Lipinski definition) is 1. The first-order valence-electron chi connectivity index (χ1n) is 1.95. The number of rotatable bonds is 0. The first-order valence-corrected chi connectivity index (χ1v) is 1.95. The van der Waals surface area contributed by atoms with Crippen LogP contribution in [0.1, 0.15) is 20.8 Å². The maximum Gasteiger partial charge on any atom is 0.0319 e. The monoisotopic (exact) mass is 339 g/mol. The molecule has 0 heterocycles. The first-order chi connectivity index (χ1) is 2.73. The molecule has 0 aliphatic heterocycles. The Balaban J connectivity index is -0.00000000990. The summed E-state index contributed by atoms with van der Waals surface area (Å²) in [6.45, 7) is 6.25. The van der Waals surface area contributed by atoms with Gasteiger partial charge in [-0.15, -0.1) is 0 Å². The summed E-state index contributed by atoms with van der Waals surface area (Å²) in [5.41, 5.74) is 0. The average Bonchev–Trinajstić information content (AvgIpc) is 1.41. The molecule has 1 N–H and O–H groups in total. The standard InChI is InChI=1S/C4H9.CH4O.2ClH.Hf/c1-4(2)3;1-2;;;/h1-3H3;2H,1H3;2*1H;/q-1;;;;/p-2. The Labute approximate surface area is 89.2 Å². The molecule has 9 heavy (non-hydrogen) atoms. The van der Waals surface area contributed by atoms with E-state index in [2.05, 4.69) is 20.8 Å². The fourth-order valence-electron chi connectivity index (χ4n) is 0. The molecular formula is C5H13Cl2HfO-3. The summed E-state index contributed by atoms with van der Waals surface area (Å²) in [5.74, 6) is 1.42. The van der Waals surface area contributed by atoms with Crippen LogP contribution in [0.25, 0.3) is 0 Å². The fourth-order valence-corrected chi connectivity index (χ4v) is 0. The molecule has 0 saturated carbocycles. The van der Waals surface area contributed by atoms with E-state index in [1.807, 2.05) is 0 Å². The molecule has 0 atom stereocenters. The number of aliphatic hydroxyl groups is 1. The second-order valence-electron chi connectivity index (χ2n) is 1.50. The van der Waals surface area contributed by atoms with Gasteiger partial charge in [0.05, 0.1) is 0 Å². The van der Waals surface area contributed by atoms with Crippen molar-refractivity contribution in [3.8, 4) is 0 Å². The Kier molecular flexibility index (Phi) is 120. The van der Waals surface area contributed by atoms with Gasteiger partial charge in [0.1, 0.15) is 0 Å². The van der Waals surface area contributed by atoms with E-state index in [4.69, 9.17) is 5.11 Å². The van der Waals surface area contributed by atoms with E-state index in [-0.39, 0.29) is 50.7 Å². The molecule has 0 bridgehead atoms. The zero-order chi connectivity index (χ0) is 5.58. The van der Waals surface area contributed by atoms with Crippen LogP contribution in [-0.4, -0.2) is 12.2 Å². The van der Waals surface area contributed by atoms with E-state index in [0.29, 0.717) is 0 Å². The normalized spacial score (nSPS) is 4.67. The predicted molar refractivity (Wildman–Crippen MR) is 28.4 cm³/mol. The topological polar surface area (TPSA) is 20.2 Å². The summed E-state index contributed by atoms with van der Waals surface area (Å²) >= 11 is 0. The second kappa shape index (κ2) is 34.2. The van der Waals surface area contributed by atoms with Gasteiger partial charge in [-0.05, 0) is 0 Å². The van der Waals surface area contributed by atoms with Gasteiger partial charge in [0.2, 0.25) is 0 Å². The fraction of sp³-hybridized carbons (Fsp3) is 0.800. The maximum atomic E-state index is 7.00. The minimum absolute atomic E-state index is 0. The van der Waals surface area contributed by atoms with E-state index < -0.39 is 0 Å². The van der Waals surface area contributed by atoms with Crippen LogP contribution in [0.15, 0.2) is 0 Å². The Bertz CT molecular complexity index is 19.7. The zero-order valence-corrected chi connectivity index (χ0v) is 11.3. The van der Waals surface area contributed by atoms with Crippen molar-refractivity contribution in [2.75, 3.05) is 7.11 Å². The molecule has 0 aliphatic carbocycles. The smallest absolute Gasteiger partial charge is 0.0319 e. The van der Waals surface area contributed by atoms with Crippen molar-refractivity contribution in [3.63, 3.8) is 0 Å². The molecule has 0 unspecified atom stereocenters. The summed E-state index contributed by atoms with van der Waals surface area (Å²) in [5, 5.41) is 7.00. The van der Waals surface area contributed by atoms with Crippen LogP contribution >= 0.6 is 0 Å². The summed E-state index contributed by atoms with van der Waals surface area (Å²) in [6, 6.07) is 0. The number of halogens is 2. The Morgan fingerprint density at radius 2 is 0.889 bits per heavy atom. The molecule has 0 aliphatic rings. The van der Waals surface area contributed by atoms with Crippen LogP contribution < -0.4 is 24.8 Å². The molecule has 60 valence electrons. The molecule has 0 aromatic rings. The van der Waals surface area contributed by atoms with Gasteiger partial charge in [0.15, 0.2) is 0 Å². The van der Waals surface area contributed by atoms with Crippen LogP contribution in [0.5, 0.6) is 0 Å². The minimum Gasteiger partial charge on any atom is -1.00 e. The number of hydrogen-bond acceptors (Lipinski definition) is 1. The molecule has 0 fully saturated rings. The van der Waals surface area contributed by atoms with Crippen molar-refractivity contribution in [2.24, 2.45) is 0 Å². The van der Waals surface area contributed by atoms with Gasteiger partial charge in [0, 0.05) is 33.0 Å². The van der Waals surface area contributed by atoms with Gasteiger partial charge in [0.25, 0.3) is 0 Å². The quantitative estimate of drug-likeness (QED) is 0.347. The van der Waals surface area contributed by atoms with Crippen LogP contribution in [0, 0.1) is 5.92 Å². The zero-order valence-electron chi connectivity index (χ0n) is 6.20. The molecular weight excluding hydrogens is 325 g/mol. The van der Waals surface area contributed by atoms with Gasteiger partial charge < -0.3 is 35.8 Å². The first kappa shape index (κ1) is 31.5. The Hall–Kier alpha value is 1.41. The van der Waals surface area contributed by atoms with Gasteiger partial charge in [-0.1, -0.05) is 0 Å². The molecule has 0 aromatic heterocycles. The molecule has 0 amide bonds. The van der Waals surface area contributed by atoms with E-state index in [1.54, 1.807) is 0 Å². The van der Waals surface area contributed by atoms with E-state index in [0.717, 1.165) is 7.11 Å². The summed E-state index contributed by atoms with van der Waals surface area (Å²) in [7, 11) is 1.00. The van der Waals surface area contributed by atoms with Gasteiger partial charge in [-0.25, -0.2) is 0 Å². The van der Waals surface area contributed by atoms with Crippen molar-refractivity contribution in [1.29, 1.82) is 0 Å². The molecule has 0 radical (unpaired) electrons. The predicted octanol–water partition coefficient (Wildman–Crippen LogP) is -4.77. The minimum atomic E-state index is 0. The van der Waals surface area contributed by atoms with E-state index >= 15 is 0 Å². The van der Waals surface area contributed by atoms with Crippen molar-refractivity contribution >= 4 is 0 Å². The summed E-state index contributed by atoms with van der Waals surface area (Å²) < 4.78 is 0. The Morgan fingerprint density at radius 1 is 0.889 bits per heavy atom. The van der Waals surface area contributed by atoms with E-state index in [1.165, 1.54) is 5.92 Å². The third-order valence-corrected chi connectivity index (χ3v) is 0. The average molecular weight is 339 g/mol. The van der Waals surface area contributed by atoms with Crippen molar-refractivity contribution in [1.82, 2.24) is 0 Å². The molecule has 4 heteroatoms. The summed E-state index contributed by atoms with van der Waals surface area (Å²) in [6.07, 6.45) is 0. The van der Waals surface area contributed by atoms with Crippen LogP contribution in [-0.2, 0) is 25.8 Å². The van der Waals surface area contributed by atoms with Gasteiger partial charge >= 0.3 is 0 Å². The SMILES string of the molecule is CO.C[C-](C)C.[Cl-].[Cl-].[Hf]. The Morgan fingerprint density at radius 3 is 0.889 bits per heavy atom. The van der Waals surface area contributed by atoms with Crippen molar-refractivity contribution in [3.05, 3.63) is 5.92 Å². The molecule has 0 rings (SSSR count). The van der Waals surface area contributed by atoms with Gasteiger partial charge in [-0.3, -0.25) is 0 Å². The summed E-state index contributed by atoms with van der Waals surface area (Å²) in [4.78, 5) is 0. The van der Waals surface area contributed by atoms with Crippen LogP contribution in [0.4, 0.5) is 0 Å². The third kappa shape index (κ3) is 260. The largest absolute Gasteiger partial charge is 1.00 e. The van der Waals surface area contributed by atoms with Gasteiger partial charge in [-0.2, -0.15) is 20.8 Å². The van der Waals surface area contributed by atoms with E-state index in [9.17, 15) is 0 Å². The van der Waals surface area contributed by atoms with Crippen molar-refractivity contribution in [2.45, 2.75) is 20.8 Å². The maximum absolute atomic E-state index is 7.00. The molecule has 0 saturated heterocycles. The third-order valence-electron chi connectivity index (χ3n) is 0. The van der Waals surface area contributed by atoms with Crippen molar-refractivity contribution < 1.29 is 55.8 Å². The molecule has 1 nitrogen and oxygen atoms in total. The molecule has 0 spiro atoms. The number of aliphatic hydroxyl groups excluding tert-OH is 1. The molecule has 0 aromatic carbocycles.